The molecule has 3 N–H and O–H groups in total. The van der Waals surface area contributed by atoms with Gasteiger partial charge in [-0.1, -0.05) is 6.07 Å². The van der Waals surface area contributed by atoms with Gasteiger partial charge in [-0.05, 0) is 18.6 Å². The lowest BCUT2D eigenvalue weighted by Crippen LogP contribution is -2.18. The summed E-state index contributed by atoms with van der Waals surface area (Å²) >= 11 is 0. The molecule has 0 amide bonds. The van der Waals surface area contributed by atoms with E-state index in [1.54, 1.807) is 7.11 Å². The van der Waals surface area contributed by atoms with Crippen molar-refractivity contribution in [2.75, 3.05) is 19.1 Å². The maximum Gasteiger partial charge on any atom is 0.145 e. The minimum atomic E-state index is 0.550. The van der Waals surface area contributed by atoms with E-state index >= 15 is 0 Å². The van der Waals surface area contributed by atoms with Crippen molar-refractivity contribution < 1.29 is 9.47 Å². The maximum atomic E-state index is 5.73. The third kappa shape index (κ3) is 1.82. The molecule has 0 atom stereocenters. The molecular weight excluding hydrogens is 242 g/mol. The molecule has 5 heteroatoms. The predicted octanol–water partition coefficient (Wildman–Crippen LogP) is 1.91. The first-order valence-electron chi connectivity index (χ1n) is 6.29. The summed E-state index contributed by atoms with van der Waals surface area (Å²) in [7, 11) is 1.66. The molecular formula is C14H17N3O2. The number of anilines is 1. The average Bonchev–Trinajstić information content (AvgIpc) is 2.45. The fourth-order valence-corrected chi connectivity index (χ4v) is 2.63. The molecule has 100 valence electrons. The molecule has 19 heavy (non-hydrogen) atoms. The molecule has 1 aromatic carbocycles. The molecule has 1 aliphatic heterocycles. The molecule has 0 aliphatic carbocycles. The number of benzene rings is 1. The van der Waals surface area contributed by atoms with Crippen LogP contribution in [0, 0.1) is 6.92 Å². The van der Waals surface area contributed by atoms with Gasteiger partial charge in [0.2, 0.25) is 0 Å². The van der Waals surface area contributed by atoms with Crippen LogP contribution in [0.25, 0.3) is 10.9 Å². The summed E-state index contributed by atoms with van der Waals surface area (Å²) in [5, 5.41) is 1.01. The fraction of sp³-hybridized carbons (Fsp3) is 0.357. The molecule has 0 bridgehead atoms. The van der Waals surface area contributed by atoms with E-state index in [1.807, 2.05) is 19.1 Å². The Morgan fingerprint density at radius 3 is 3.00 bits per heavy atom. The summed E-state index contributed by atoms with van der Waals surface area (Å²) in [4.78, 5) is 4.76. The number of rotatable bonds is 2. The summed E-state index contributed by atoms with van der Waals surface area (Å²) in [6, 6.07) is 3.95. The largest absolute Gasteiger partial charge is 0.494 e. The second-order valence-corrected chi connectivity index (χ2v) is 4.67. The molecule has 1 aromatic heterocycles. The number of nitrogen functional groups attached to an aromatic ring is 1. The number of nitrogens with zero attached hydrogens (tertiary/aromatic N) is 1. The van der Waals surface area contributed by atoms with E-state index in [0.717, 1.165) is 45.6 Å². The Morgan fingerprint density at radius 2 is 2.26 bits per heavy atom. The lowest BCUT2D eigenvalue weighted by molar-refractivity contribution is 0.110. The summed E-state index contributed by atoms with van der Waals surface area (Å²) in [5.74, 6) is 6.50. The van der Waals surface area contributed by atoms with Crippen molar-refractivity contribution in [3.8, 4) is 5.75 Å². The Kier molecular flexibility index (Phi) is 3.00. The van der Waals surface area contributed by atoms with Gasteiger partial charge in [-0.25, -0.2) is 4.98 Å². The quantitative estimate of drug-likeness (QED) is 0.637. The number of nitrogens with one attached hydrogen (secondary N) is 1. The zero-order valence-electron chi connectivity index (χ0n) is 11.1. The minimum absolute atomic E-state index is 0.550. The first-order chi connectivity index (χ1) is 9.26. The van der Waals surface area contributed by atoms with Crippen LogP contribution in [0.15, 0.2) is 12.1 Å². The normalized spacial score (nSPS) is 14.3. The minimum Gasteiger partial charge on any atom is -0.494 e. The van der Waals surface area contributed by atoms with E-state index in [1.165, 1.54) is 0 Å². The molecule has 1 aliphatic rings. The van der Waals surface area contributed by atoms with Crippen LogP contribution in [0.3, 0.4) is 0 Å². The lowest BCUT2D eigenvalue weighted by atomic mass is 10.00. The molecule has 0 spiro atoms. The molecule has 2 aromatic rings. The van der Waals surface area contributed by atoms with Crippen LogP contribution in [0.5, 0.6) is 5.75 Å². The van der Waals surface area contributed by atoms with Crippen LogP contribution in [-0.2, 0) is 17.8 Å². The number of aromatic nitrogens is 1. The lowest BCUT2D eigenvalue weighted by Gasteiger charge is -2.22. The van der Waals surface area contributed by atoms with Gasteiger partial charge in [-0.2, -0.15) is 0 Å². The zero-order valence-corrected chi connectivity index (χ0v) is 11.1. The van der Waals surface area contributed by atoms with Gasteiger partial charge in [-0.15, -0.1) is 0 Å². The number of aryl methyl sites for hydroxylation is 1. The second kappa shape index (κ2) is 4.68. The topological polar surface area (TPSA) is 69.4 Å². The van der Waals surface area contributed by atoms with Gasteiger partial charge in [0.1, 0.15) is 11.3 Å². The molecule has 0 radical (unpaired) electrons. The first-order valence-corrected chi connectivity index (χ1v) is 6.29. The maximum absolute atomic E-state index is 5.73. The summed E-state index contributed by atoms with van der Waals surface area (Å²) in [6.45, 7) is 3.29. The van der Waals surface area contributed by atoms with Gasteiger partial charge in [0.15, 0.2) is 0 Å². The van der Waals surface area contributed by atoms with E-state index in [4.69, 9.17) is 20.3 Å². The van der Waals surface area contributed by atoms with Crippen molar-refractivity contribution in [3.63, 3.8) is 0 Å². The van der Waals surface area contributed by atoms with Gasteiger partial charge in [0, 0.05) is 17.4 Å². The van der Waals surface area contributed by atoms with Gasteiger partial charge in [-0.3, -0.25) is 5.84 Å². The number of nitrogens with two attached hydrogens (primary N) is 1. The Morgan fingerprint density at radius 1 is 1.42 bits per heavy atom. The monoisotopic (exact) mass is 259 g/mol. The Labute approximate surface area is 111 Å². The van der Waals surface area contributed by atoms with Crippen molar-refractivity contribution in [3.05, 3.63) is 29.0 Å². The Balaban J connectivity index is 2.42. The molecule has 0 fully saturated rings. The number of ether oxygens (including phenoxy) is 2. The van der Waals surface area contributed by atoms with E-state index in [0.29, 0.717) is 13.2 Å². The van der Waals surface area contributed by atoms with Crippen LogP contribution in [0.1, 0.15) is 16.8 Å². The molecule has 0 saturated carbocycles. The van der Waals surface area contributed by atoms with E-state index in [-0.39, 0.29) is 0 Å². The standard InChI is InChI=1S/C14H17N3O2/c1-8-3-4-11(18-2)14-12(8)13(17-15)9-7-19-6-5-10(9)16-14/h3-4H,5-7,15H2,1-2H3,(H,16,17). The number of pyridine rings is 1. The highest BCUT2D eigenvalue weighted by atomic mass is 16.5. The summed E-state index contributed by atoms with van der Waals surface area (Å²) < 4.78 is 10.9. The summed E-state index contributed by atoms with van der Waals surface area (Å²) in [6.07, 6.45) is 0.803. The van der Waals surface area contributed by atoms with E-state index in [9.17, 15) is 0 Å². The van der Waals surface area contributed by atoms with Crippen molar-refractivity contribution in [2.45, 2.75) is 20.0 Å². The van der Waals surface area contributed by atoms with Crippen LogP contribution in [0.4, 0.5) is 5.69 Å². The molecule has 0 unspecified atom stereocenters. The zero-order chi connectivity index (χ0) is 13.4. The Bertz CT molecular complexity index is 640. The average molecular weight is 259 g/mol. The van der Waals surface area contributed by atoms with Gasteiger partial charge in [0.25, 0.3) is 0 Å². The number of hydrogen-bond acceptors (Lipinski definition) is 5. The fourth-order valence-electron chi connectivity index (χ4n) is 2.63. The first kappa shape index (κ1) is 12.2. The predicted molar refractivity (Wildman–Crippen MR) is 74.2 cm³/mol. The number of hydrazine groups is 1. The third-order valence-electron chi connectivity index (χ3n) is 3.59. The molecule has 5 nitrogen and oxygen atoms in total. The van der Waals surface area contributed by atoms with Gasteiger partial charge >= 0.3 is 0 Å². The van der Waals surface area contributed by atoms with Gasteiger partial charge in [0.05, 0.1) is 31.7 Å². The molecule has 0 saturated heterocycles. The number of methoxy groups -OCH3 is 1. The molecule has 2 heterocycles. The van der Waals surface area contributed by atoms with Crippen LogP contribution >= 0.6 is 0 Å². The highest BCUT2D eigenvalue weighted by molar-refractivity contribution is 5.99. The van der Waals surface area contributed by atoms with E-state index in [2.05, 4.69) is 5.43 Å². The third-order valence-corrected chi connectivity index (χ3v) is 3.59. The highest BCUT2D eigenvalue weighted by Crippen LogP contribution is 2.36. The number of fused-ring (bicyclic) bond motifs is 2. The van der Waals surface area contributed by atoms with Crippen molar-refractivity contribution in [2.24, 2.45) is 5.84 Å². The van der Waals surface area contributed by atoms with Crippen molar-refractivity contribution >= 4 is 16.6 Å². The van der Waals surface area contributed by atoms with Crippen molar-refractivity contribution in [1.29, 1.82) is 0 Å². The number of hydrogen-bond donors (Lipinski definition) is 2. The second-order valence-electron chi connectivity index (χ2n) is 4.67. The van der Waals surface area contributed by atoms with Crippen LogP contribution in [0.2, 0.25) is 0 Å². The van der Waals surface area contributed by atoms with Crippen LogP contribution in [-0.4, -0.2) is 18.7 Å². The van der Waals surface area contributed by atoms with Crippen LogP contribution < -0.4 is 16.0 Å². The molecule has 3 rings (SSSR count). The van der Waals surface area contributed by atoms with Gasteiger partial charge < -0.3 is 14.9 Å². The smallest absolute Gasteiger partial charge is 0.145 e. The Hall–Kier alpha value is -1.85. The SMILES string of the molecule is COc1ccc(C)c2c(NN)c3c(nc12)CCOC3. The van der Waals surface area contributed by atoms with E-state index < -0.39 is 0 Å². The highest BCUT2D eigenvalue weighted by Gasteiger charge is 2.20. The summed E-state index contributed by atoms with van der Waals surface area (Å²) in [5.41, 5.74) is 7.78. The van der Waals surface area contributed by atoms with Crippen molar-refractivity contribution in [1.82, 2.24) is 4.98 Å².